The van der Waals surface area contributed by atoms with Crippen molar-refractivity contribution >= 4 is 11.9 Å². The fraction of sp³-hybridized carbons (Fsp3) is 0.500. The van der Waals surface area contributed by atoms with Gasteiger partial charge in [-0.15, -0.1) is 0 Å². The molecular formula is C28H32O7. The summed E-state index contributed by atoms with van der Waals surface area (Å²) in [7, 11) is 3.10. The molecule has 7 nitrogen and oxygen atoms in total. The number of ether oxygens (including phenoxy) is 3. The lowest BCUT2D eigenvalue weighted by Crippen LogP contribution is -2.69. The lowest BCUT2D eigenvalue weighted by atomic mass is 9.44. The molecule has 2 saturated carbocycles. The predicted molar refractivity (Wildman–Crippen MR) is 131 cm³/mol. The molecule has 2 aliphatic carbocycles. The summed E-state index contributed by atoms with van der Waals surface area (Å²) < 4.78 is 22.9. The third-order valence-corrected chi connectivity index (χ3v) is 8.80. The van der Waals surface area contributed by atoms with Gasteiger partial charge in [0.25, 0.3) is 0 Å². The third-order valence-electron chi connectivity index (χ3n) is 8.80. The Hall–Kier alpha value is -3.06. The number of hydrogen-bond acceptors (Lipinski definition) is 7. The Balaban J connectivity index is 1.66. The van der Waals surface area contributed by atoms with Crippen molar-refractivity contribution < 1.29 is 28.5 Å². The Morgan fingerprint density at radius 1 is 0.943 bits per heavy atom. The van der Waals surface area contributed by atoms with Crippen molar-refractivity contribution in [2.75, 3.05) is 14.2 Å². The van der Waals surface area contributed by atoms with Crippen molar-refractivity contribution in [2.45, 2.75) is 64.6 Å². The molecule has 0 radical (unpaired) electrons. The Morgan fingerprint density at radius 3 is 2.34 bits per heavy atom. The van der Waals surface area contributed by atoms with Crippen LogP contribution in [0.15, 0.2) is 39.1 Å². The molecule has 0 saturated heterocycles. The second kappa shape index (κ2) is 7.47. The van der Waals surface area contributed by atoms with Gasteiger partial charge in [0.05, 0.1) is 25.2 Å². The van der Waals surface area contributed by atoms with E-state index >= 15 is 0 Å². The highest BCUT2D eigenvalue weighted by molar-refractivity contribution is 5.93. The highest BCUT2D eigenvalue weighted by atomic mass is 16.5. The van der Waals surface area contributed by atoms with E-state index in [1.54, 1.807) is 44.6 Å². The smallest absolute Gasteiger partial charge is 0.347 e. The lowest BCUT2D eigenvalue weighted by Gasteiger charge is -2.63. The minimum atomic E-state index is -1.23. The monoisotopic (exact) mass is 480 g/mol. The highest BCUT2D eigenvalue weighted by Crippen LogP contribution is 2.64. The number of ketones is 1. The average Bonchev–Trinajstić information content (AvgIpc) is 2.82. The van der Waals surface area contributed by atoms with Crippen molar-refractivity contribution in [3.63, 3.8) is 0 Å². The van der Waals surface area contributed by atoms with E-state index in [0.717, 1.165) is 0 Å². The van der Waals surface area contributed by atoms with Gasteiger partial charge in [0.15, 0.2) is 11.5 Å². The molecule has 0 spiro atoms. The Bertz CT molecular complexity index is 1320. The second-order valence-electron chi connectivity index (χ2n) is 10.9. The van der Waals surface area contributed by atoms with Crippen LogP contribution in [-0.4, -0.2) is 36.3 Å². The molecule has 3 aliphatic rings. The lowest BCUT2D eigenvalue weighted by molar-refractivity contribution is -0.201. The summed E-state index contributed by atoms with van der Waals surface area (Å²) in [5.41, 5.74) is -2.71. The number of rotatable bonds is 3. The molecule has 2 aromatic rings. The summed E-state index contributed by atoms with van der Waals surface area (Å²) in [6.07, 6.45) is 3.67. The van der Waals surface area contributed by atoms with Gasteiger partial charge in [-0.3, -0.25) is 4.79 Å². The zero-order valence-corrected chi connectivity index (χ0v) is 21.1. The van der Waals surface area contributed by atoms with Crippen molar-refractivity contribution in [3.8, 4) is 28.6 Å². The molecule has 0 bridgehead atoms. The van der Waals surface area contributed by atoms with E-state index in [1.165, 1.54) is 0 Å². The summed E-state index contributed by atoms with van der Waals surface area (Å²) in [6, 6.07) is 6.96. The van der Waals surface area contributed by atoms with Crippen LogP contribution in [0.3, 0.4) is 0 Å². The number of aliphatic hydroxyl groups is 1. The first-order chi connectivity index (χ1) is 16.4. The second-order valence-corrected chi connectivity index (χ2v) is 10.9. The van der Waals surface area contributed by atoms with E-state index in [1.807, 2.05) is 27.7 Å². The zero-order valence-electron chi connectivity index (χ0n) is 21.1. The normalized spacial score (nSPS) is 30.8. The average molecular weight is 481 g/mol. The molecule has 2 heterocycles. The number of fused-ring (bicyclic) bond motifs is 4. The molecule has 1 aromatic heterocycles. The van der Waals surface area contributed by atoms with Crippen LogP contribution in [0.2, 0.25) is 0 Å². The van der Waals surface area contributed by atoms with E-state index < -0.39 is 27.7 Å². The largest absolute Gasteiger partial charge is 0.493 e. The Morgan fingerprint density at radius 2 is 1.66 bits per heavy atom. The maximum absolute atomic E-state index is 13.4. The van der Waals surface area contributed by atoms with Gasteiger partial charge in [0.2, 0.25) is 0 Å². The van der Waals surface area contributed by atoms with E-state index in [9.17, 15) is 14.7 Å². The van der Waals surface area contributed by atoms with Crippen LogP contribution >= 0.6 is 0 Å². The molecule has 2 fully saturated rings. The van der Waals surface area contributed by atoms with Crippen molar-refractivity contribution in [2.24, 2.45) is 10.8 Å². The number of carbonyl (C=O) groups excluding carboxylic acids is 1. The molecule has 7 heteroatoms. The maximum atomic E-state index is 13.4. The Labute approximate surface area is 204 Å². The van der Waals surface area contributed by atoms with Gasteiger partial charge in [0.1, 0.15) is 28.5 Å². The summed E-state index contributed by atoms with van der Waals surface area (Å²) >= 11 is 0. The molecule has 1 N–H and O–H groups in total. The van der Waals surface area contributed by atoms with E-state index in [0.29, 0.717) is 59.8 Å². The van der Waals surface area contributed by atoms with Gasteiger partial charge >= 0.3 is 5.63 Å². The maximum Gasteiger partial charge on any atom is 0.347 e. The first-order valence-corrected chi connectivity index (χ1v) is 12.0. The molecule has 0 amide bonds. The number of Topliss-reactive ketones (excluding diaryl/α,β-unsaturated/α-hetero) is 1. The van der Waals surface area contributed by atoms with Crippen LogP contribution in [-0.2, 0) is 4.79 Å². The standard InChI is InChI=1S/C28H32O7/c1-25(2)10-9-23(29)27(4)22-14-17-20(35-26(22,3)11-12-28(25,27)31)15-19(34-24(17)30)16-7-8-18(32-5)21(13-16)33-6/h7-8,13-15,31H,9-12H2,1-6H3/t26-,27+,28-/m1/s1. The molecule has 1 aromatic carbocycles. The topological polar surface area (TPSA) is 95.2 Å². The molecular weight excluding hydrogens is 448 g/mol. The Kier molecular flexibility index (Phi) is 5.05. The van der Waals surface area contributed by atoms with Gasteiger partial charge in [-0.25, -0.2) is 4.79 Å². The van der Waals surface area contributed by atoms with Crippen LogP contribution in [0.4, 0.5) is 0 Å². The molecule has 186 valence electrons. The number of carbonyl (C=O) groups is 1. The van der Waals surface area contributed by atoms with Crippen molar-refractivity contribution in [3.05, 3.63) is 45.8 Å². The summed E-state index contributed by atoms with van der Waals surface area (Å²) in [5, 5.41) is 12.0. The summed E-state index contributed by atoms with van der Waals surface area (Å²) in [6.45, 7) is 7.78. The van der Waals surface area contributed by atoms with Crippen LogP contribution in [0.25, 0.3) is 17.4 Å². The van der Waals surface area contributed by atoms with E-state index in [2.05, 4.69) is 0 Å². The van der Waals surface area contributed by atoms with Crippen molar-refractivity contribution in [1.82, 2.24) is 0 Å². The van der Waals surface area contributed by atoms with E-state index in [4.69, 9.17) is 18.6 Å². The fourth-order valence-corrected chi connectivity index (χ4v) is 6.45. The molecule has 5 rings (SSSR count). The zero-order chi connectivity index (χ0) is 25.4. The van der Waals surface area contributed by atoms with Gasteiger partial charge < -0.3 is 23.7 Å². The van der Waals surface area contributed by atoms with Crippen LogP contribution in [0.1, 0.15) is 58.9 Å². The van der Waals surface area contributed by atoms with Crippen LogP contribution in [0, 0.1) is 10.8 Å². The molecule has 0 unspecified atom stereocenters. The minimum absolute atomic E-state index is 0.0186. The summed E-state index contributed by atoms with van der Waals surface area (Å²) in [4.78, 5) is 26.6. The third kappa shape index (κ3) is 3.07. The molecule has 1 aliphatic heterocycles. The van der Waals surface area contributed by atoms with E-state index in [-0.39, 0.29) is 11.3 Å². The van der Waals surface area contributed by atoms with Gasteiger partial charge in [-0.2, -0.15) is 0 Å². The van der Waals surface area contributed by atoms with Crippen LogP contribution in [0.5, 0.6) is 17.2 Å². The van der Waals surface area contributed by atoms with Crippen molar-refractivity contribution in [1.29, 1.82) is 0 Å². The van der Waals surface area contributed by atoms with Crippen LogP contribution < -0.4 is 19.8 Å². The number of hydrogen-bond donors (Lipinski definition) is 1. The number of benzene rings is 1. The van der Waals surface area contributed by atoms with Gasteiger partial charge in [0, 0.05) is 18.1 Å². The van der Waals surface area contributed by atoms with Gasteiger partial charge in [-0.05, 0) is 68.4 Å². The molecule has 35 heavy (non-hydrogen) atoms. The first-order valence-electron chi connectivity index (χ1n) is 12.0. The molecule has 3 atom stereocenters. The minimum Gasteiger partial charge on any atom is -0.493 e. The fourth-order valence-electron chi connectivity index (χ4n) is 6.45. The number of methoxy groups -OCH3 is 2. The van der Waals surface area contributed by atoms with Gasteiger partial charge in [-0.1, -0.05) is 13.8 Å². The highest BCUT2D eigenvalue weighted by Gasteiger charge is 2.69. The SMILES string of the molecule is COc1ccc(-c2cc3c(c(=O)o2)C=C2[C@@]4(C)C(=O)CCC(C)(C)[C@]4(O)CC[C@@]2(C)O3)cc1OC. The first kappa shape index (κ1) is 23.7. The quantitative estimate of drug-likeness (QED) is 0.676. The summed E-state index contributed by atoms with van der Waals surface area (Å²) in [5.74, 6) is 1.79. The predicted octanol–water partition coefficient (Wildman–Crippen LogP) is 4.78.